The lowest BCUT2D eigenvalue weighted by Gasteiger charge is -2.09. The molecule has 1 aromatic rings. The summed E-state index contributed by atoms with van der Waals surface area (Å²) in [5.41, 5.74) is 4.46. The van der Waals surface area contributed by atoms with Crippen LogP contribution < -0.4 is 4.72 Å². The Hall–Kier alpha value is -0.470. The second-order valence-corrected chi connectivity index (χ2v) is 4.67. The third-order valence-corrected chi connectivity index (χ3v) is 4.02. The van der Waals surface area contributed by atoms with Gasteiger partial charge < -0.3 is 0 Å². The van der Waals surface area contributed by atoms with E-state index >= 15 is 0 Å². The molecule has 1 aliphatic rings. The maximum absolute atomic E-state index is 3.43. The van der Waals surface area contributed by atoms with Gasteiger partial charge in [0.05, 0.1) is 0 Å². The number of fused-ring (bicyclic) bond motifs is 1. The first kappa shape index (κ1) is 10.1. The Morgan fingerprint density at radius 2 is 2.07 bits per heavy atom. The minimum atomic E-state index is 0.506. The predicted molar refractivity (Wildman–Crippen MR) is 62.6 cm³/mol. The van der Waals surface area contributed by atoms with Crippen molar-refractivity contribution in [2.24, 2.45) is 0 Å². The minimum absolute atomic E-state index is 0.506. The highest BCUT2D eigenvalue weighted by molar-refractivity contribution is 7.97. The smallest absolute Gasteiger partial charge is 0.0408 e. The zero-order valence-corrected chi connectivity index (χ0v) is 9.87. The van der Waals surface area contributed by atoms with Gasteiger partial charge in [-0.1, -0.05) is 26.0 Å². The first-order valence-electron chi connectivity index (χ1n) is 5.34. The van der Waals surface area contributed by atoms with Crippen LogP contribution in [-0.2, 0) is 12.8 Å². The van der Waals surface area contributed by atoms with Gasteiger partial charge in [-0.15, -0.1) is 0 Å². The second kappa shape index (κ2) is 3.95. The molecule has 14 heavy (non-hydrogen) atoms. The van der Waals surface area contributed by atoms with E-state index in [1.165, 1.54) is 21.6 Å². The molecule has 1 aliphatic heterocycles. The number of hydrogen-bond donors (Lipinski definition) is 1. The van der Waals surface area contributed by atoms with Crippen LogP contribution in [-0.4, -0.2) is 0 Å². The maximum atomic E-state index is 3.43. The fourth-order valence-corrected chi connectivity index (χ4v) is 3.01. The van der Waals surface area contributed by atoms with Crippen LogP contribution in [0, 0.1) is 0 Å². The van der Waals surface area contributed by atoms with Crippen LogP contribution in [0.1, 0.15) is 43.5 Å². The molecule has 0 fully saturated rings. The predicted octanol–water partition coefficient (Wildman–Crippen LogP) is 3.48. The van der Waals surface area contributed by atoms with Crippen molar-refractivity contribution in [2.75, 3.05) is 0 Å². The quantitative estimate of drug-likeness (QED) is 0.745. The molecule has 1 unspecified atom stereocenters. The summed E-state index contributed by atoms with van der Waals surface area (Å²) in [7, 11) is 0. The Bertz CT molecular complexity index is 346. The zero-order valence-electron chi connectivity index (χ0n) is 9.05. The van der Waals surface area contributed by atoms with Crippen molar-refractivity contribution in [3.8, 4) is 0 Å². The Kier molecular flexibility index (Phi) is 2.84. The molecule has 0 amide bonds. The van der Waals surface area contributed by atoms with Crippen LogP contribution in [0.5, 0.6) is 0 Å². The summed E-state index contributed by atoms with van der Waals surface area (Å²) >= 11 is 1.80. The fourth-order valence-electron chi connectivity index (χ4n) is 1.91. The van der Waals surface area contributed by atoms with Gasteiger partial charge in [0.1, 0.15) is 0 Å². The van der Waals surface area contributed by atoms with Crippen LogP contribution in [0.4, 0.5) is 0 Å². The molecule has 1 nitrogen and oxygen atoms in total. The Morgan fingerprint density at radius 1 is 1.29 bits per heavy atom. The van der Waals surface area contributed by atoms with Gasteiger partial charge >= 0.3 is 0 Å². The topological polar surface area (TPSA) is 12.0 Å². The van der Waals surface area contributed by atoms with Crippen LogP contribution in [0.25, 0.3) is 0 Å². The highest BCUT2D eigenvalue weighted by atomic mass is 32.2. The molecule has 76 valence electrons. The van der Waals surface area contributed by atoms with Gasteiger partial charge in [0.15, 0.2) is 0 Å². The van der Waals surface area contributed by atoms with Crippen LogP contribution >= 0.6 is 11.9 Å². The molecule has 2 rings (SSSR count). The van der Waals surface area contributed by atoms with E-state index < -0.39 is 0 Å². The van der Waals surface area contributed by atoms with Crippen molar-refractivity contribution in [1.82, 2.24) is 4.72 Å². The summed E-state index contributed by atoms with van der Waals surface area (Å²) in [4.78, 5) is 1.47. The third kappa shape index (κ3) is 1.57. The summed E-state index contributed by atoms with van der Waals surface area (Å²) in [5, 5.41) is 0. The van der Waals surface area contributed by atoms with Crippen molar-refractivity contribution >= 4 is 11.9 Å². The first-order valence-corrected chi connectivity index (χ1v) is 6.16. The maximum Gasteiger partial charge on any atom is 0.0408 e. The van der Waals surface area contributed by atoms with E-state index in [2.05, 4.69) is 37.6 Å². The molecular formula is C12H17NS. The van der Waals surface area contributed by atoms with E-state index in [0.29, 0.717) is 6.04 Å². The summed E-state index contributed by atoms with van der Waals surface area (Å²) < 4.78 is 3.43. The van der Waals surface area contributed by atoms with Crippen molar-refractivity contribution in [3.05, 3.63) is 28.8 Å². The first-order chi connectivity index (χ1) is 6.76. The van der Waals surface area contributed by atoms with E-state index in [4.69, 9.17) is 0 Å². The summed E-state index contributed by atoms with van der Waals surface area (Å²) in [6.45, 7) is 6.69. The number of benzene rings is 1. The lowest BCUT2D eigenvalue weighted by Crippen LogP contribution is -2.02. The number of rotatable bonds is 2. The zero-order chi connectivity index (χ0) is 10.1. The van der Waals surface area contributed by atoms with E-state index in [9.17, 15) is 0 Å². The van der Waals surface area contributed by atoms with E-state index in [-0.39, 0.29) is 0 Å². The molecule has 1 atom stereocenters. The van der Waals surface area contributed by atoms with Gasteiger partial charge in [0, 0.05) is 10.9 Å². The van der Waals surface area contributed by atoms with Gasteiger partial charge in [-0.05, 0) is 48.4 Å². The van der Waals surface area contributed by atoms with Crippen LogP contribution in [0.15, 0.2) is 17.0 Å². The van der Waals surface area contributed by atoms with Crippen LogP contribution in [0.2, 0.25) is 0 Å². The van der Waals surface area contributed by atoms with Crippen molar-refractivity contribution < 1.29 is 0 Å². The van der Waals surface area contributed by atoms with Gasteiger partial charge in [0.25, 0.3) is 0 Å². The normalized spacial score (nSPS) is 19.8. The highest BCUT2D eigenvalue weighted by Crippen LogP contribution is 2.38. The number of nitrogens with one attached hydrogen (secondary N) is 1. The minimum Gasteiger partial charge on any atom is -0.253 e. The molecule has 0 aromatic heterocycles. The van der Waals surface area contributed by atoms with E-state index in [1.54, 1.807) is 11.9 Å². The molecule has 2 heteroatoms. The van der Waals surface area contributed by atoms with E-state index in [0.717, 1.165) is 12.8 Å². The fraction of sp³-hybridized carbons (Fsp3) is 0.500. The molecule has 0 bridgehead atoms. The number of aryl methyl sites for hydroxylation is 2. The van der Waals surface area contributed by atoms with E-state index in [1.807, 2.05) is 0 Å². The highest BCUT2D eigenvalue weighted by Gasteiger charge is 2.21. The average Bonchev–Trinajstić information content (AvgIpc) is 2.59. The molecule has 0 radical (unpaired) electrons. The lowest BCUT2D eigenvalue weighted by molar-refractivity contribution is 0.760. The monoisotopic (exact) mass is 207 g/mol. The number of hydrogen-bond acceptors (Lipinski definition) is 2. The molecule has 1 aromatic carbocycles. The van der Waals surface area contributed by atoms with Gasteiger partial charge in [-0.2, -0.15) is 0 Å². The molecule has 0 aliphatic carbocycles. The van der Waals surface area contributed by atoms with Gasteiger partial charge in [-0.25, -0.2) is 0 Å². The Balaban J connectivity index is 2.52. The SMILES string of the molecule is CCc1cc(CC)c2c(c1)C(C)NS2. The largest absolute Gasteiger partial charge is 0.253 e. The van der Waals surface area contributed by atoms with Crippen molar-refractivity contribution in [2.45, 2.75) is 44.6 Å². The second-order valence-electron chi connectivity index (χ2n) is 3.82. The molecule has 0 spiro atoms. The van der Waals surface area contributed by atoms with Gasteiger partial charge in [0.2, 0.25) is 0 Å². The molecule has 1 heterocycles. The third-order valence-electron chi connectivity index (χ3n) is 2.85. The molecule has 0 saturated carbocycles. The van der Waals surface area contributed by atoms with Crippen LogP contribution in [0.3, 0.4) is 0 Å². The summed E-state index contributed by atoms with van der Waals surface area (Å²) in [6, 6.07) is 5.21. The molecule has 0 saturated heterocycles. The average molecular weight is 207 g/mol. The molecular weight excluding hydrogens is 190 g/mol. The van der Waals surface area contributed by atoms with Crippen molar-refractivity contribution in [3.63, 3.8) is 0 Å². The Morgan fingerprint density at radius 3 is 2.71 bits per heavy atom. The summed E-state index contributed by atoms with van der Waals surface area (Å²) in [6.07, 6.45) is 2.27. The lowest BCUT2D eigenvalue weighted by atomic mass is 9.99. The molecule has 1 N–H and O–H groups in total. The summed E-state index contributed by atoms with van der Waals surface area (Å²) in [5.74, 6) is 0. The Labute approximate surface area is 90.4 Å². The van der Waals surface area contributed by atoms with Crippen molar-refractivity contribution in [1.29, 1.82) is 0 Å². The van der Waals surface area contributed by atoms with Gasteiger partial charge in [-0.3, -0.25) is 4.72 Å². The standard InChI is InChI=1S/C12H17NS/c1-4-9-6-10(5-2)12-11(7-9)8(3)13-14-12/h6-8,13H,4-5H2,1-3H3.